The van der Waals surface area contributed by atoms with Gasteiger partial charge in [-0.15, -0.1) is 11.3 Å². The van der Waals surface area contributed by atoms with E-state index in [1.807, 2.05) is 28.6 Å². The molecule has 2 aromatic heterocycles. The molecule has 1 fully saturated rings. The van der Waals surface area contributed by atoms with E-state index >= 15 is 0 Å². The van der Waals surface area contributed by atoms with Crippen molar-refractivity contribution < 1.29 is 14.6 Å². The second-order valence-electron chi connectivity index (χ2n) is 6.53. The third-order valence-corrected chi connectivity index (χ3v) is 6.20. The first-order valence-electron chi connectivity index (χ1n) is 8.90. The lowest BCUT2D eigenvalue weighted by Gasteiger charge is -2.27. The number of thiophene rings is 1. The number of aliphatic hydroxyl groups is 1. The third kappa shape index (κ3) is 3.01. The number of hydrogen-bond acceptors (Lipinski definition) is 5. The number of amides is 1. The second-order valence-corrected chi connectivity index (χ2v) is 7.64. The first kappa shape index (κ1) is 16.8. The van der Waals surface area contributed by atoms with Gasteiger partial charge in [-0.1, -0.05) is 0 Å². The van der Waals surface area contributed by atoms with Crippen molar-refractivity contribution in [2.24, 2.45) is 0 Å². The summed E-state index contributed by atoms with van der Waals surface area (Å²) in [6, 6.07) is 3.94. The number of aryl methyl sites for hydroxylation is 1. The second kappa shape index (κ2) is 6.90. The van der Waals surface area contributed by atoms with Crippen LogP contribution in [0.15, 0.2) is 12.1 Å². The van der Waals surface area contributed by atoms with Gasteiger partial charge < -0.3 is 14.7 Å². The minimum atomic E-state index is -0.0838. The molecule has 1 amide bonds. The van der Waals surface area contributed by atoms with Crippen molar-refractivity contribution in [3.8, 4) is 0 Å². The number of ether oxygens (including phenoxy) is 1. The highest BCUT2D eigenvalue weighted by Gasteiger charge is 2.29. The Bertz CT molecular complexity index is 777. The van der Waals surface area contributed by atoms with Crippen LogP contribution in [-0.2, 0) is 30.9 Å². The zero-order valence-corrected chi connectivity index (χ0v) is 15.2. The fourth-order valence-electron chi connectivity index (χ4n) is 3.72. The van der Waals surface area contributed by atoms with Gasteiger partial charge in [0, 0.05) is 48.8 Å². The first-order valence-corrected chi connectivity index (χ1v) is 9.71. The monoisotopic (exact) mass is 361 g/mol. The van der Waals surface area contributed by atoms with Crippen LogP contribution in [0.4, 0.5) is 0 Å². The summed E-state index contributed by atoms with van der Waals surface area (Å²) in [4.78, 5) is 16.7. The first-order chi connectivity index (χ1) is 12.2. The molecule has 2 aliphatic heterocycles. The molecule has 7 heteroatoms. The summed E-state index contributed by atoms with van der Waals surface area (Å²) in [5, 5.41) is 14.0. The van der Waals surface area contributed by atoms with Gasteiger partial charge in [-0.3, -0.25) is 9.48 Å². The van der Waals surface area contributed by atoms with Crippen molar-refractivity contribution in [2.45, 2.75) is 52.0 Å². The SMILES string of the molecule is CCn1nc(CO)c2c1CCN(C(=O)c1ccc(C3CCCO3)s1)C2. The number of aromatic nitrogens is 2. The molecule has 2 aliphatic rings. The van der Waals surface area contributed by atoms with E-state index in [0.29, 0.717) is 18.8 Å². The van der Waals surface area contributed by atoms with E-state index < -0.39 is 0 Å². The molecule has 2 aromatic rings. The Morgan fingerprint density at radius 2 is 2.36 bits per heavy atom. The number of nitrogens with zero attached hydrogens (tertiary/aromatic N) is 3. The molecule has 25 heavy (non-hydrogen) atoms. The van der Waals surface area contributed by atoms with Crippen molar-refractivity contribution in [3.05, 3.63) is 38.8 Å². The molecule has 1 unspecified atom stereocenters. The third-order valence-electron chi connectivity index (χ3n) is 5.04. The van der Waals surface area contributed by atoms with Gasteiger partial charge in [0.1, 0.15) is 0 Å². The maximum absolute atomic E-state index is 12.9. The standard InChI is InChI=1S/C18H23N3O3S/c1-2-21-14-7-8-20(10-12(14)13(11-22)19-21)18(23)17-6-5-16(25-17)15-4-3-9-24-15/h5-6,15,22H,2-4,7-11H2,1H3. The summed E-state index contributed by atoms with van der Waals surface area (Å²) in [6.07, 6.45) is 3.07. The molecule has 0 bridgehead atoms. The fourth-order valence-corrected chi connectivity index (χ4v) is 4.78. The molecule has 0 saturated carbocycles. The molecule has 4 rings (SSSR count). The van der Waals surface area contributed by atoms with Crippen LogP contribution in [0.2, 0.25) is 0 Å². The van der Waals surface area contributed by atoms with E-state index in [-0.39, 0.29) is 18.6 Å². The van der Waals surface area contributed by atoms with E-state index in [1.54, 1.807) is 11.3 Å². The molecule has 0 radical (unpaired) electrons. The lowest BCUT2D eigenvalue weighted by molar-refractivity contribution is 0.0737. The summed E-state index contributed by atoms with van der Waals surface area (Å²) < 4.78 is 7.66. The van der Waals surface area contributed by atoms with Gasteiger partial charge in [0.2, 0.25) is 0 Å². The van der Waals surface area contributed by atoms with E-state index in [2.05, 4.69) is 5.10 Å². The Hall–Kier alpha value is -1.70. The molecule has 0 spiro atoms. The van der Waals surface area contributed by atoms with Crippen LogP contribution in [-0.4, -0.2) is 38.8 Å². The van der Waals surface area contributed by atoms with E-state index in [4.69, 9.17) is 4.74 Å². The van der Waals surface area contributed by atoms with Crippen LogP contribution in [0.1, 0.15) is 57.4 Å². The molecule has 0 aromatic carbocycles. The number of aliphatic hydroxyl groups excluding tert-OH is 1. The van der Waals surface area contributed by atoms with Crippen molar-refractivity contribution in [1.29, 1.82) is 0 Å². The van der Waals surface area contributed by atoms with Gasteiger partial charge >= 0.3 is 0 Å². The Kier molecular flexibility index (Phi) is 4.62. The molecular weight excluding hydrogens is 338 g/mol. The zero-order valence-electron chi connectivity index (χ0n) is 14.4. The van der Waals surface area contributed by atoms with Crippen LogP contribution in [0.5, 0.6) is 0 Å². The number of carbonyl (C=O) groups is 1. The molecule has 0 aliphatic carbocycles. The molecule has 4 heterocycles. The molecule has 1 atom stereocenters. The molecule has 6 nitrogen and oxygen atoms in total. The maximum Gasteiger partial charge on any atom is 0.264 e. The lowest BCUT2D eigenvalue weighted by atomic mass is 10.0. The molecule has 1 N–H and O–H groups in total. The van der Waals surface area contributed by atoms with Gasteiger partial charge in [-0.05, 0) is 31.9 Å². The Labute approximate surface area is 151 Å². The van der Waals surface area contributed by atoms with E-state index in [9.17, 15) is 9.90 Å². The van der Waals surface area contributed by atoms with Crippen molar-refractivity contribution >= 4 is 17.2 Å². The predicted molar refractivity (Wildman–Crippen MR) is 94.5 cm³/mol. The fraction of sp³-hybridized carbons (Fsp3) is 0.556. The van der Waals surface area contributed by atoms with Crippen LogP contribution in [0.3, 0.4) is 0 Å². The van der Waals surface area contributed by atoms with E-state index in [1.165, 1.54) is 0 Å². The van der Waals surface area contributed by atoms with Crippen LogP contribution < -0.4 is 0 Å². The highest BCUT2D eigenvalue weighted by atomic mass is 32.1. The summed E-state index contributed by atoms with van der Waals surface area (Å²) in [5.74, 6) is 0.0630. The highest BCUT2D eigenvalue weighted by Crippen LogP contribution is 2.34. The summed E-state index contributed by atoms with van der Waals surface area (Å²) in [5.41, 5.74) is 2.86. The summed E-state index contributed by atoms with van der Waals surface area (Å²) >= 11 is 1.55. The van der Waals surface area contributed by atoms with Crippen LogP contribution in [0.25, 0.3) is 0 Å². The van der Waals surface area contributed by atoms with Gasteiger partial charge in [0.05, 0.1) is 23.3 Å². The van der Waals surface area contributed by atoms with E-state index in [0.717, 1.165) is 53.4 Å². The van der Waals surface area contributed by atoms with Crippen molar-refractivity contribution in [3.63, 3.8) is 0 Å². The maximum atomic E-state index is 12.9. The smallest absolute Gasteiger partial charge is 0.264 e. The average molecular weight is 361 g/mol. The number of rotatable bonds is 4. The van der Waals surface area contributed by atoms with Crippen molar-refractivity contribution in [1.82, 2.24) is 14.7 Å². The minimum Gasteiger partial charge on any atom is -0.390 e. The number of fused-ring (bicyclic) bond motifs is 1. The summed E-state index contributed by atoms with van der Waals surface area (Å²) in [6.45, 7) is 4.77. The Morgan fingerprint density at radius 1 is 1.48 bits per heavy atom. The molecule has 134 valence electrons. The van der Waals surface area contributed by atoms with Crippen LogP contribution in [0, 0.1) is 0 Å². The highest BCUT2D eigenvalue weighted by molar-refractivity contribution is 7.14. The Balaban J connectivity index is 1.53. The zero-order chi connectivity index (χ0) is 17.4. The van der Waals surface area contributed by atoms with Gasteiger partial charge in [0.15, 0.2) is 0 Å². The topological polar surface area (TPSA) is 67.6 Å². The normalized spacial score (nSPS) is 20.1. The van der Waals surface area contributed by atoms with Gasteiger partial charge in [-0.25, -0.2) is 0 Å². The summed E-state index contributed by atoms with van der Waals surface area (Å²) in [7, 11) is 0. The molecule has 1 saturated heterocycles. The average Bonchev–Trinajstić information content (AvgIpc) is 3.38. The quantitative estimate of drug-likeness (QED) is 0.909. The van der Waals surface area contributed by atoms with Gasteiger partial charge in [-0.2, -0.15) is 5.10 Å². The van der Waals surface area contributed by atoms with Crippen LogP contribution >= 0.6 is 11.3 Å². The minimum absolute atomic E-state index is 0.0630. The van der Waals surface area contributed by atoms with Crippen molar-refractivity contribution in [2.75, 3.05) is 13.2 Å². The molecular formula is C18H23N3O3S. The predicted octanol–water partition coefficient (Wildman–Crippen LogP) is 2.51. The number of carbonyl (C=O) groups excluding carboxylic acids is 1. The largest absolute Gasteiger partial charge is 0.390 e. The number of hydrogen-bond donors (Lipinski definition) is 1. The Morgan fingerprint density at radius 3 is 3.08 bits per heavy atom. The van der Waals surface area contributed by atoms with Gasteiger partial charge in [0.25, 0.3) is 5.91 Å². The lowest BCUT2D eigenvalue weighted by Crippen LogP contribution is -2.36.